The lowest BCUT2D eigenvalue weighted by Gasteiger charge is -2.06. The molecule has 0 atom stereocenters. The number of nitrogens with zero attached hydrogens (tertiary/aromatic N) is 2. The molecule has 0 radical (unpaired) electrons. The summed E-state index contributed by atoms with van der Waals surface area (Å²) in [5, 5.41) is 14.9. The van der Waals surface area contributed by atoms with Crippen molar-refractivity contribution in [2.24, 2.45) is 0 Å². The Hall–Kier alpha value is -3.76. The van der Waals surface area contributed by atoms with Crippen LogP contribution in [-0.2, 0) is 0 Å². The number of anilines is 1. The number of para-hydroxylation sites is 1. The van der Waals surface area contributed by atoms with Crippen LogP contribution in [0.1, 0.15) is 16.6 Å². The van der Waals surface area contributed by atoms with Gasteiger partial charge in [-0.2, -0.15) is 0 Å². The van der Waals surface area contributed by atoms with Gasteiger partial charge in [-0.25, -0.2) is 4.98 Å². The van der Waals surface area contributed by atoms with E-state index in [1.807, 2.05) is 61.5 Å². The molecule has 33 heavy (non-hydrogen) atoms. The van der Waals surface area contributed by atoms with Crippen LogP contribution in [0.5, 0.6) is 16.6 Å². The Balaban J connectivity index is 1.55. The molecule has 0 aliphatic heterocycles. The molecular formula is C23H19N3O5S2. The lowest BCUT2D eigenvalue weighted by Crippen LogP contribution is -2.12. The van der Waals surface area contributed by atoms with E-state index in [9.17, 15) is 14.9 Å². The van der Waals surface area contributed by atoms with Crippen molar-refractivity contribution in [3.05, 3.63) is 81.7 Å². The fourth-order valence-corrected chi connectivity index (χ4v) is 4.54. The van der Waals surface area contributed by atoms with Crippen molar-refractivity contribution >= 4 is 38.6 Å². The Labute approximate surface area is 197 Å². The van der Waals surface area contributed by atoms with E-state index in [0.29, 0.717) is 33.1 Å². The molecule has 168 valence electrons. The molecule has 0 bridgehead atoms. The molecule has 0 saturated heterocycles. The van der Waals surface area contributed by atoms with Crippen LogP contribution in [0.25, 0.3) is 11.3 Å². The zero-order chi connectivity index (χ0) is 23.2. The summed E-state index contributed by atoms with van der Waals surface area (Å²) >= 11 is 2.13. The molecular weight excluding hydrogens is 462 g/mol. The highest BCUT2D eigenvalue weighted by molar-refractivity contribution is 7.18. The van der Waals surface area contributed by atoms with E-state index >= 15 is 0 Å². The largest absolute Gasteiger partial charge is 0.494 e. The number of aromatic nitrogens is 1. The second-order valence-electron chi connectivity index (χ2n) is 6.70. The number of ether oxygens (including phenoxy) is 2. The van der Waals surface area contributed by atoms with Crippen LogP contribution in [-0.4, -0.2) is 28.8 Å². The first-order chi connectivity index (χ1) is 16.0. The molecule has 0 spiro atoms. The summed E-state index contributed by atoms with van der Waals surface area (Å²) < 4.78 is 11.6. The van der Waals surface area contributed by atoms with Gasteiger partial charge < -0.3 is 14.8 Å². The highest BCUT2D eigenvalue weighted by Gasteiger charge is 2.18. The molecule has 0 aliphatic carbocycles. The van der Waals surface area contributed by atoms with E-state index in [2.05, 4.69) is 10.3 Å². The van der Waals surface area contributed by atoms with E-state index in [1.54, 1.807) is 0 Å². The summed E-state index contributed by atoms with van der Waals surface area (Å²) in [5.74, 6) is 1.18. The minimum Gasteiger partial charge on any atom is -0.494 e. The number of carbonyl (C=O) groups excluding carboxylic acids is 1. The van der Waals surface area contributed by atoms with Gasteiger partial charge >= 0.3 is 5.00 Å². The molecule has 1 N–H and O–H groups in total. The molecule has 4 aromatic rings. The van der Waals surface area contributed by atoms with Crippen LogP contribution < -0.4 is 14.8 Å². The second kappa shape index (κ2) is 10.2. The molecule has 8 nitrogen and oxygen atoms in total. The molecule has 10 heteroatoms. The highest BCUT2D eigenvalue weighted by Crippen LogP contribution is 2.41. The predicted molar refractivity (Wildman–Crippen MR) is 129 cm³/mol. The van der Waals surface area contributed by atoms with Crippen LogP contribution in [0.15, 0.2) is 66.7 Å². The summed E-state index contributed by atoms with van der Waals surface area (Å²) in [7, 11) is 0. The summed E-state index contributed by atoms with van der Waals surface area (Å²) in [6.07, 6.45) is 0. The quantitative estimate of drug-likeness (QED) is 0.162. The number of carbonyl (C=O) groups is 1. The summed E-state index contributed by atoms with van der Waals surface area (Å²) in [6.45, 7) is 2.46. The maximum absolute atomic E-state index is 12.5. The summed E-state index contributed by atoms with van der Waals surface area (Å²) in [6, 6.07) is 19.7. The zero-order valence-corrected chi connectivity index (χ0v) is 19.2. The third kappa shape index (κ3) is 5.54. The molecule has 0 fully saturated rings. The number of Topliss-reactive ketones (excluding diaryl/α,β-unsaturated/α-hetero) is 1. The van der Waals surface area contributed by atoms with Crippen molar-refractivity contribution in [1.82, 2.24) is 4.98 Å². The van der Waals surface area contributed by atoms with Gasteiger partial charge in [0.25, 0.3) is 0 Å². The standard InChI is InChI=1S/C23H19N3O5S2/c1-2-30-16-10-8-15(9-11-16)21-22(31-17-6-4-3-5-7-17)33-23(25-21)24-14-18(27)19-12-13-20(32-19)26(28)29/h3-13H,2,14H2,1H3,(H,24,25). The number of ketones is 1. The maximum atomic E-state index is 12.5. The van der Waals surface area contributed by atoms with Crippen molar-refractivity contribution in [1.29, 1.82) is 0 Å². The first-order valence-electron chi connectivity index (χ1n) is 10.0. The number of benzene rings is 2. The van der Waals surface area contributed by atoms with Crippen LogP contribution >= 0.6 is 22.7 Å². The highest BCUT2D eigenvalue weighted by atomic mass is 32.1. The summed E-state index contributed by atoms with van der Waals surface area (Å²) in [4.78, 5) is 27.8. The van der Waals surface area contributed by atoms with E-state index < -0.39 is 4.92 Å². The molecule has 0 unspecified atom stereocenters. The number of rotatable bonds is 10. The normalized spacial score (nSPS) is 10.6. The van der Waals surface area contributed by atoms with Gasteiger partial charge in [-0.05, 0) is 49.4 Å². The smallest absolute Gasteiger partial charge is 0.324 e. The van der Waals surface area contributed by atoms with Gasteiger partial charge in [-0.1, -0.05) is 40.9 Å². The van der Waals surface area contributed by atoms with Crippen molar-refractivity contribution in [3.8, 4) is 27.8 Å². The first kappa shape index (κ1) is 22.4. The van der Waals surface area contributed by atoms with Gasteiger partial charge in [0.2, 0.25) is 5.06 Å². The summed E-state index contributed by atoms with van der Waals surface area (Å²) in [5.41, 5.74) is 1.47. The van der Waals surface area contributed by atoms with Gasteiger partial charge in [0, 0.05) is 11.6 Å². The van der Waals surface area contributed by atoms with E-state index in [0.717, 1.165) is 22.6 Å². The van der Waals surface area contributed by atoms with Gasteiger partial charge in [-0.3, -0.25) is 14.9 Å². The average Bonchev–Trinajstić information content (AvgIpc) is 3.47. The Morgan fingerprint density at radius 3 is 2.45 bits per heavy atom. The number of thiophene rings is 1. The third-order valence-corrected chi connectivity index (χ3v) is 6.40. The van der Waals surface area contributed by atoms with Crippen LogP contribution in [0, 0.1) is 10.1 Å². The Bertz CT molecular complexity index is 1250. The Morgan fingerprint density at radius 1 is 1.03 bits per heavy atom. The van der Waals surface area contributed by atoms with Crippen LogP contribution in [0.2, 0.25) is 0 Å². The average molecular weight is 482 g/mol. The van der Waals surface area contributed by atoms with Crippen molar-refractivity contribution < 1.29 is 19.2 Å². The Morgan fingerprint density at radius 2 is 1.79 bits per heavy atom. The van der Waals surface area contributed by atoms with Crippen molar-refractivity contribution in [2.45, 2.75) is 6.92 Å². The van der Waals surface area contributed by atoms with Crippen molar-refractivity contribution in [3.63, 3.8) is 0 Å². The van der Waals surface area contributed by atoms with Crippen molar-refractivity contribution in [2.75, 3.05) is 18.5 Å². The lowest BCUT2D eigenvalue weighted by molar-refractivity contribution is -0.380. The maximum Gasteiger partial charge on any atom is 0.324 e. The van der Waals surface area contributed by atoms with Gasteiger partial charge in [0.15, 0.2) is 10.9 Å². The molecule has 2 aromatic heterocycles. The zero-order valence-electron chi connectivity index (χ0n) is 17.5. The second-order valence-corrected chi connectivity index (χ2v) is 8.72. The van der Waals surface area contributed by atoms with Crippen LogP contribution in [0.3, 0.4) is 0 Å². The number of thiazole rings is 1. The minimum atomic E-state index is -0.508. The van der Waals surface area contributed by atoms with Gasteiger partial charge in [-0.15, -0.1) is 0 Å². The van der Waals surface area contributed by atoms with E-state index in [4.69, 9.17) is 9.47 Å². The number of nitrogens with one attached hydrogen (secondary N) is 1. The Kier molecular flexibility index (Phi) is 6.96. The number of nitro groups is 1. The lowest BCUT2D eigenvalue weighted by atomic mass is 10.1. The fourth-order valence-electron chi connectivity index (χ4n) is 2.92. The predicted octanol–water partition coefficient (Wildman–Crippen LogP) is 6.27. The molecule has 2 aromatic carbocycles. The monoisotopic (exact) mass is 481 g/mol. The van der Waals surface area contributed by atoms with Gasteiger partial charge in [0.05, 0.1) is 23.0 Å². The number of hydrogen-bond acceptors (Lipinski definition) is 9. The number of hydrogen-bond donors (Lipinski definition) is 1. The fraction of sp³-hybridized carbons (Fsp3) is 0.130. The SMILES string of the molecule is CCOc1ccc(-c2nc(NCC(=O)c3ccc([N+](=O)[O-])s3)sc2Oc2ccccc2)cc1. The molecule has 0 saturated carbocycles. The first-order valence-corrected chi connectivity index (χ1v) is 11.6. The van der Waals surface area contributed by atoms with E-state index in [1.165, 1.54) is 23.5 Å². The third-order valence-electron chi connectivity index (χ3n) is 4.44. The molecule has 4 rings (SSSR count). The minimum absolute atomic E-state index is 0.0430. The topological polar surface area (TPSA) is 104 Å². The molecule has 2 heterocycles. The van der Waals surface area contributed by atoms with Crippen LogP contribution in [0.4, 0.5) is 10.1 Å². The molecule has 0 amide bonds. The van der Waals surface area contributed by atoms with E-state index in [-0.39, 0.29) is 17.3 Å². The van der Waals surface area contributed by atoms with Gasteiger partial charge in [0.1, 0.15) is 17.2 Å². The molecule has 0 aliphatic rings.